The number of amides is 1. The number of carbonyl (C=O) groups excluding carboxylic acids is 1. The average Bonchev–Trinajstić information content (AvgIpc) is 3.15. The summed E-state index contributed by atoms with van der Waals surface area (Å²) in [5.41, 5.74) is 2.78. The lowest BCUT2D eigenvalue weighted by atomic mass is 10.1. The minimum atomic E-state index is -0.185. The fraction of sp³-hybridized carbons (Fsp3) is 0.350. The number of anilines is 2. The van der Waals surface area contributed by atoms with Crippen LogP contribution in [0, 0.1) is 6.92 Å². The van der Waals surface area contributed by atoms with Gasteiger partial charge in [-0.3, -0.25) is 14.6 Å². The van der Waals surface area contributed by atoms with Gasteiger partial charge in [-0.05, 0) is 37.6 Å². The van der Waals surface area contributed by atoms with Gasteiger partial charge in [-0.15, -0.1) is 0 Å². The van der Waals surface area contributed by atoms with Crippen LogP contribution in [0.1, 0.15) is 17.7 Å². The monoisotopic (exact) mass is 381 g/mol. The summed E-state index contributed by atoms with van der Waals surface area (Å²) in [5.74, 6) is 0.435. The lowest BCUT2D eigenvalue weighted by molar-refractivity contribution is -0.116. The Labute approximate surface area is 161 Å². The Morgan fingerprint density at radius 2 is 2.11 bits per heavy atom. The SMILES string of the molecule is Cc1nc(N2CCOCC2)[nH]c(=O)c1CCC(=O)Nc1ccc2[nH]ccc2c1. The molecule has 3 aromatic rings. The minimum Gasteiger partial charge on any atom is -0.378 e. The molecule has 0 radical (unpaired) electrons. The van der Waals surface area contributed by atoms with E-state index in [1.807, 2.05) is 42.3 Å². The second-order valence-corrected chi connectivity index (χ2v) is 6.88. The molecule has 1 fully saturated rings. The summed E-state index contributed by atoms with van der Waals surface area (Å²) in [7, 11) is 0. The largest absolute Gasteiger partial charge is 0.378 e. The quantitative estimate of drug-likeness (QED) is 0.627. The van der Waals surface area contributed by atoms with Gasteiger partial charge < -0.3 is 19.9 Å². The van der Waals surface area contributed by atoms with E-state index in [-0.39, 0.29) is 17.9 Å². The summed E-state index contributed by atoms with van der Waals surface area (Å²) in [6.07, 6.45) is 2.42. The average molecular weight is 381 g/mol. The number of hydrogen-bond acceptors (Lipinski definition) is 5. The predicted molar refractivity (Wildman–Crippen MR) is 108 cm³/mol. The van der Waals surface area contributed by atoms with Crippen molar-refractivity contribution < 1.29 is 9.53 Å². The van der Waals surface area contributed by atoms with E-state index in [9.17, 15) is 9.59 Å². The zero-order chi connectivity index (χ0) is 19.5. The molecule has 2 aromatic heterocycles. The number of aryl methyl sites for hydroxylation is 1. The Bertz CT molecular complexity index is 1050. The topological polar surface area (TPSA) is 103 Å². The molecule has 28 heavy (non-hydrogen) atoms. The molecule has 1 aromatic carbocycles. The Hall–Kier alpha value is -3.13. The third-order valence-electron chi connectivity index (χ3n) is 4.96. The van der Waals surface area contributed by atoms with E-state index in [2.05, 4.69) is 20.3 Å². The van der Waals surface area contributed by atoms with E-state index in [1.54, 1.807) is 0 Å². The zero-order valence-electron chi connectivity index (χ0n) is 15.7. The summed E-state index contributed by atoms with van der Waals surface area (Å²) in [4.78, 5) is 37.3. The van der Waals surface area contributed by atoms with Gasteiger partial charge in [0.25, 0.3) is 5.56 Å². The summed E-state index contributed by atoms with van der Waals surface area (Å²) < 4.78 is 5.33. The van der Waals surface area contributed by atoms with Crippen LogP contribution < -0.4 is 15.8 Å². The van der Waals surface area contributed by atoms with Crippen molar-refractivity contribution >= 4 is 28.4 Å². The minimum absolute atomic E-state index is 0.133. The van der Waals surface area contributed by atoms with Crippen molar-refractivity contribution in [2.75, 3.05) is 36.5 Å². The molecule has 1 aliphatic heterocycles. The number of morpholine rings is 1. The molecule has 3 N–H and O–H groups in total. The Balaban J connectivity index is 1.40. The van der Waals surface area contributed by atoms with Gasteiger partial charge in [0.1, 0.15) is 0 Å². The van der Waals surface area contributed by atoms with E-state index in [0.717, 1.165) is 16.6 Å². The predicted octanol–water partition coefficient (Wildman–Crippen LogP) is 1.97. The molecule has 0 aliphatic carbocycles. The van der Waals surface area contributed by atoms with Crippen LogP contribution in [-0.4, -0.2) is 47.2 Å². The molecule has 8 heteroatoms. The van der Waals surface area contributed by atoms with Gasteiger partial charge in [0, 0.05) is 53.6 Å². The normalized spacial score (nSPS) is 14.4. The first-order valence-corrected chi connectivity index (χ1v) is 9.39. The number of benzene rings is 1. The smallest absolute Gasteiger partial charge is 0.255 e. The molecule has 8 nitrogen and oxygen atoms in total. The Kier molecular flexibility index (Phi) is 5.12. The van der Waals surface area contributed by atoms with Crippen molar-refractivity contribution in [2.24, 2.45) is 0 Å². The van der Waals surface area contributed by atoms with Crippen LogP contribution in [0.2, 0.25) is 0 Å². The number of aromatic amines is 2. The van der Waals surface area contributed by atoms with E-state index in [1.165, 1.54) is 0 Å². The van der Waals surface area contributed by atoms with Gasteiger partial charge in [0.05, 0.1) is 13.2 Å². The summed E-state index contributed by atoms with van der Waals surface area (Å²) in [6.45, 7) is 4.47. The molecule has 0 bridgehead atoms. The lowest BCUT2D eigenvalue weighted by Gasteiger charge is -2.27. The first kappa shape index (κ1) is 18.2. The molecule has 0 atom stereocenters. The number of hydrogen-bond donors (Lipinski definition) is 3. The van der Waals surface area contributed by atoms with Crippen molar-refractivity contribution in [3.05, 3.63) is 52.1 Å². The van der Waals surface area contributed by atoms with E-state index >= 15 is 0 Å². The second kappa shape index (κ2) is 7.85. The molecule has 1 amide bonds. The molecule has 4 rings (SSSR count). The first-order chi connectivity index (χ1) is 13.6. The molecule has 0 saturated carbocycles. The van der Waals surface area contributed by atoms with Crippen molar-refractivity contribution in [3.8, 4) is 0 Å². The maximum absolute atomic E-state index is 12.5. The highest BCUT2D eigenvalue weighted by atomic mass is 16.5. The fourth-order valence-electron chi connectivity index (χ4n) is 3.41. The summed E-state index contributed by atoms with van der Waals surface area (Å²) in [5, 5.41) is 3.92. The maximum atomic E-state index is 12.5. The van der Waals surface area contributed by atoms with Crippen molar-refractivity contribution in [1.82, 2.24) is 15.0 Å². The molecule has 1 saturated heterocycles. The molecular formula is C20H23N5O3. The van der Waals surface area contributed by atoms with Crippen LogP contribution in [-0.2, 0) is 16.0 Å². The highest BCUT2D eigenvalue weighted by Gasteiger charge is 2.16. The van der Waals surface area contributed by atoms with Gasteiger partial charge in [-0.25, -0.2) is 4.98 Å². The highest BCUT2D eigenvalue weighted by Crippen LogP contribution is 2.18. The molecule has 146 valence electrons. The van der Waals surface area contributed by atoms with Crippen molar-refractivity contribution in [3.63, 3.8) is 0 Å². The van der Waals surface area contributed by atoms with Gasteiger partial charge in [0.15, 0.2) is 0 Å². The van der Waals surface area contributed by atoms with Crippen LogP contribution in [0.3, 0.4) is 0 Å². The van der Waals surface area contributed by atoms with E-state index in [4.69, 9.17) is 4.74 Å². The number of carbonyl (C=O) groups is 1. The third kappa shape index (κ3) is 3.91. The van der Waals surface area contributed by atoms with E-state index < -0.39 is 0 Å². The van der Waals surface area contributed by atoms with Crippen molar-refractivity contribution in [2.45, 2.75) is 19.8 Å². The second-order valence-electron chi connectivity index (χ2n) is 6.88. The number of rotatable bonds is 5. The van der Waals surface area contributed by atoms with Crippen LogP contribution in [0.5, 0.6) is 0 Å². The van der Waals surface area contributed by atoms with Gasteiger partial charge in [-0.1, -0.05) is 0 Å². The number of nitrogens with zero attached hydrogens (tertiary/aromatic N) is 2. The zero-order valence-corrected chi connectivity index (χ0v) is 15.7. The van der Waals surface area contributed by atoms with Crippen LogP contribution in [0.4, 0.5) is 11.6 Å². The number of fused-ring (bicyclic) bond motifs is 1. The van der Waals surface area contributed by atoms with Gasteiger partial charge in [-0.2, -0.15) is 0 Å². The Morgan fingerprint density at radius 3 is 2.89 bits per heavy atom. The highest BCUT2D eigenvalue weighted by molar-refractivity contribution is 5.93. The van der Waals surface area contributed by atoms with Gasteiger partial charge in [0.2, 0.25) is 11.9 Å². The van der Waals surface area contributed by atoms with Crippen LogP contribution in [0.15, 0.2) is 35.3 Å². The number of H-pyrrole nitrogens is 2. The Morgan fingerprint density at radius 1 is 1.29 bits per heavy atom. The fourth-order valence-corrected chi connectivity index (χ4v) is 3.41. The first-order valence-electron chi connectivity index (χ1n) is 9.39. The molecule has 1 aliphatic rings. The number of aromatic nitrogens is 3. The number of nitrogens with one attached hydrogen (secondary N) is 3. The maximum Gasteiger partial charge on any atom is 0.255 e. The lowest BCUT2D eigenvalue weighted by Crippen LogP contribution is -2.38. The molecule has 0 spiro atoms. The van der Waals surface area contributed by atoms with Crippen molar-refractivity contribution in [1.29, 1.82) is 0 Å². The third-order valence-corrected chi connectivity index (χ3v) is 4.96. The summed E-state index contributed by atoms with van der Waals surface area (Å²) in [6, 6.07) is 7.65. The summed E-state index contributed by atoms with van der Waals surface area (Å²) >= 11 is 0. The van der Waals surface area contributed by atoms with Crippen LogP contribution in [0.25, 0.3) is 10.9 Å². The molecule has 0 unspecified atom stereocenters. The molecular weight excluding hydrogens is 358 g/mol. The number of ether oxygens (including phenoxy) is 1. The van der Waals surface area contributed by atoms with E-state index in [0.29, 0.717) is 49.9 Å². The molecule has 3 heterocycles. The van der Waals surface area contributed by atoms with Crippen LogP contribution >= 0.6 is 0 Å². The van der Waals surface area contributed by atoms with Gasteiger partial charge >= 0.3 is 0 Å². The standard InChI is InChI=1S/C20H23N5O3/c1-13-16(19(27)24-20(22-13)25-8-10-28-11-9-25)3-5-18(26)23-15-2-4-17-14(12-15)6-7-21-17/h2,4,6-7,12,21H,3,5,8-11H2,1H3,(H,23,26)(H,22,24,27).